The molecule has 3 aromatic carbocycles. The number of benzene rings is 3. The zero-order valence-electron chi connectivity index (χ0n) is 22.7. The molecule has 1 aliphatic rings. The van der Waals surface area contributed by atoms with Gasteiger partial charge in [0.25, 0.3) is 0 Å². The first-order chi connectivity index (χ1) is 19.7. The summed E-state index contributed by atoms with van der Waals surface area (Å²) in [4.78, 5) is 15.7. The van der Waals surface area contributed by atoms with Gasteiger partial charge in [-0.2, -0.15) is 9.12 Å². The Morgan fingerprint density at radius 1 is 1.15 bits per heavy atom. The molecule has 208 valence electrons. The fourth-order valence-electron chi connectivity index (χ4n) is 5.69. The molecule has 6 rings (SSSR count). The first kappa shape index (κ1) is 26.5. The molecule has 1 N–H and O–H groups in total. The third kappa shape index (κ3) is 4.91. The summed E-state index contributed by atoms with van der Waals surface area (Å²) < 4.78 is 26.1. The Bertz CT molecular complexity index is 1750. The minimum Gasteiger partial charge on any atom is -0.619 e. The van der Waals surface area contributed by atoms with Gasteiger partial charge in [0.05, 0.1) is 19.6 Å². The zero-order chi connectivity index (χ0) is 28.7. The number of aromatic nitrogens is 1. The fraction of sp³-hybridized carbons (Fsp3) is 0.212. The van der Waals surface area contributed by atoms with Crippen molar-refractivity contribution in [2.45, 2.75) is 31.4 Å². The van der Waals surface area contributed by atoms with Crippen molar-refractivity contribution in [2.24, 2.45) is 0 Å². The second-order valence-corrected chi connectivity index (χ2v) is 10.5. The molecule has 0 bridgehead atoms. The Balaban J connectivity index is 1.29. The van der Waals surface area contributed by atoms with E-state index in [1.165, 1.54) is 18.6 Å². The maximum absolute atomic E-state index is 14.5. The minimum atomic E-state index is -1.81. The van der Waals surface area contributed by atoms with Crippen molar-refractivity contribution in [3.05, 3.63) is 136 Å². The molecule has 0 aliphatic carbocycles. The summed E-state index contributed by atoms with van der Waals surface area (Å²) in [6.45, 7) is 1.99. The lowest BCUT2D eigenvalue weighted by Gasteiger charge is -2.38. The van der Waals surface area contributed by atoms with E-state index < -0.39 is 11.4 Å². The van der Waals surface area contributed by atoms with Crippen LogP contribution in [0.15, 0.2) is 95.7 Å². The Hall–Kier alpha value is -4.69. The molecule has 8 heteroatoms. The van der Waals surface area contributed by atoms with E-state index in [1.54, 1.807) is 19.2 Å². The summed E-state index contributed by atoms with van der Waals surface area (Å²) in [7, 11) is 1.65. The number of carbonyl (C=O) groups excluding carboxylic acids is 1. The number of ether oxygens (including phenoxy) is 1. The van der Waals surface area contributed by atoms with Crippen LogP contribution in [-0.2, 0) is 23.2 Å². The maximum Gasteiger partial charge on any atom is 0.227 e. The lowest BCUT2D eigenvalue weighted by atomic mass is 9.87. The number of halogens is 1. The van der Waals surface area contributed by atoms with E-state index in [4.69, 9.17) is 9.15 Å². The van der Waals surface area contributed by atoms with Gasteiger partial charge in [0, 0.05) is 23.6 Å². The standard InChI is InChI=1S/C33H29FN2O5/c1-33(38,27-13-14-35(39)20-28(27)34)30-19-24-16-21(8-11-29(24)41-30)17-31(37)36-15-12-23-18-25(40-2)9-10-26(23)32(36)22-6-4-3-5-7-22/h3-11,13-14,16,18-20,32,38H,12,15,17H2,1-2H3. The number of hydrogen-bond donors (Lipinski definition) is 1. The van der Waals surface area contributed by atoms with Crippen LogP contribution in [0.3, 0.4) is 0 Å². The number of pyridine rings is 1. The number of methoxy groups -OCH3 is 1. The van der Waals surface area contributed by atoms with Crippen LogP contribution < -0.4 is 9.47 Å². The van der Waals surface area contributed by atoms with Crippen molar-refractivity contribution in [1.29, 1.82) is 0 Å². The summed E-state index contributed by atoms with van der Waals surface area (Å²) in [5.41, 5.74) is 2.70. The number of aliphatic hydroxyl groups is 1. The zero-order valence-corrected chi connectivity index (χ0v) is 22.7. The highest BCUT2D eigenvalue weighted by atomic mass is 19.1. The molecule has 2 aromatic heterocycles. The Labute approximate surface area is 236 Å². The van der Waals surface area contributed by atoms with Gasteiger partial charge in [-0.15, -0.1) is 0 Å². The van der Waals surface area contributed by atoms with Crippen LogP contribution in [0.5, 0.6) is 5.75 Å². The van der Waals surface area contributed by atoms with E-state index in [9.17, 15) is 19.5 Å². The topological polar surface area (TPSA) is 89.8 Å². The highest BCUT2D eigenvalue weighted by Gasteiger charge is 2.35. The molecule has 41 heavy (non-hydrogen) atoms. The van der Waals surface area contributed by atoms with Crippen LogP contribution >= 0.6 is 0 Å². The Morgan fingerprint density at radius 3 is 2.71 bits per heavy atom. The number of carbonyl (C=O) groups is 1. The molecule has 3 heterocycles. The van der Waals surface area contributed by atoms with E-state index in [2.05, 4.69) is 0 Å². The van der Waals surface area contributed by atoms with Gasteiger partial charge in [-0.1, -0.05) is 42.5 Å². The van der Waals surface area contributed by atoms with Gasteiger partial charge in [0.2, 0.25) is 12.1 Å². The predicted molar refractivity (Wildman–Crippen MR) is 151 cm³/mol. The van der Waals surface area contributed by atoms with Crippen molar-refractivity contribution in [3.8, 4) is 5.75 Å². The molecular weight excluding hydrogens is 523 g/mol. The maximum atomic E-state index is 14.5. The summed E-state index contributed by atoms with van der Waals surface area (Å²) in [5.74, 6) is 0.0818. The molecule has 0 saturated heterocycles. The number of fused-ring (bicyclic) bond motifs is 2. The van der Waals surface area contributed by atoms with Crippen LogP contribution in [0.25, 0.3) is 11.0 Å². The SMILES string of the molecule is COc1ccc2c(c1)CCN(C(=O)Cc1ccc3oc(C(C)(O)c4cc[n+]([O-])cc4F)cc3c1)C2c1ccccc1. The number of hydrogen-bond acceptors (Lipinski definition) is 5. The van der Waals surface area contributed by atoms with Crippen LogP contribution in [0.1, 0.15) is 46.5 Å². The van der Waals surface area contributed by atoms with Gasteiger partial charge in [-0.05, 0) is 65.9 Å². The molecule has 2 atom stereocenters. The first-order valence-electron chi connectivity index (χ1n) is 13.4. The van der Waals surface area contributed by atoms with Crippen molar-refractivity contribution in [1.82, 2.24) is 4.90 Å². The quantitative estimate of drug-likeness (QED) is 0.231. The second-order valence-electron chi connectivity index (χ2n) is 10.5. The Morgan fingerprint density at radius 2 is 1.95 bits per heavy atom. The largest absolute Gasteiger partial charge is 0.619 e. The van der Waals surface area contributed by atoms with E-state index >= 15 is 0 Å². The normalized spacial score (nSPS) is 16.3. The highest BCUT2D eigenvalue weighted by molar-refractivity contribution is 5.84. The Kier molecular flexibility index (Phi) is 6.71. The van der Waals surface area contributed by atoms with Crippen LogP contribution in [0.2, 0.25) is 0 Å². The average Bonchev–Trinajstić information content (AvgIpc) is 3.41. The number of amides is 1. The monoisotopic (exact) mass is 552 g/mol. The molecule has 7 nitrogen and oxygen atoms in total. The summed E-state index contributed by atoms with van der Waals surface area (Å²) >= 11 is 0. The first-order valence-corrected chi connectivity index (χ1v) is 13.4. The molecule has 0 spiro atoms. The van der Waals surface area contributed by atoms with Gasteiger partial charge in [-0.25, -0.2) is 0 Å². The van der Waals surface area contributed by atoms with E-state index in [1.807, 2.05) is 65.6 Å². The van der Waals surface area contributed by atoms with Gasteiger partial charge < -0.3 is 24.4 Å². The molecule has 5 aromatic rings. The molecular formula is C33H29FN2O5. The molecule has 0 saturated carbocycles. The van der Waals surface area contributed by atoms with Crippen LogP contribution in [0, 0.1) is 11.0 Å². The molecule has 1 amide bonds. The van der Waals surface area contributed by atoms with Crippen molar-refractivity contribution in [3.63, 3.8) is 0 Å². The number of furan rings is 1. The molecule has 0 radical (unpaired) electrons. The second kappa shape index (κ2) is 10.4. The van der Waals surface area contributed by atoms with Crippen LogP contribution in [-0.4, -0.2) is 29.6 Å². The van der Waals surface area contributed by atoms with E-state index in [-0.39, 0.29) is 29.7 Å². The summed E-state index contributed by atoms with van der Waals surface area (Å²) in [5, 5.41) is 23.2. The highest BCUT2D eigenvalue weighted by Crippen LogP contribution is 2.38. The van der Waals surface area contributed by atoms with Gasteiger partial charge in [0.1, 0.15) is 22.7 Å². The lowest BCUT2D eigenvalue weighted by molar-refractivity contribution is -0.607. The summed E-state index contributed by atoms with van der Waals surface area (Å²) in [6, 6.07) is 24.1. The van der Waals surface area contributed by atoms with Gasteiger partial charge in [0.15, 0.2) is 12.0 Å². The molecule has 0 fully saturated rings. The molecule has 1 aliphatic heterocycles. The predicted octanol–water partition coefficient (Wildman–Crippen LogP) is 5.19. The van der Waals surface area contributed by atoms with Crippen LogP contribution in [0.4, 0.5) is 4.39 Å². The van der Waals surface area contributed by atoms with Gasteiger partial charge in [-0.3, -0.25) is 4.79 Å². The lowest BCUT2D eigenvalue weighted by Crippen LogP contribution is -2.41. The third-order valence-electron chi connectivity index (χ3n) is 7.84. The average molecular weight is 553 g/mol. The van der Waals surface area contributed by atoms with E-state index in [0.717, 1.165) is 41.3 Å². The number of rotatable bonds is 6. The van der Waals surface area contributed by atoms with Crippen molar-refractivity contribution < 1.29 is 28.2 Å². The van der Waals surface area contributed by atoms with Crippen molar-refractivity contribution >= 4 is 16.9 Å². The van der Waals surface area contributed by atoms with Crippen molar-refractivity contribution in [2.75, 3.05) is 13.7 Å². The minimum absolute atomic E-state index is 0.00680. The van der Waals surface area contributed by atoms with E-state index in [0.29, 0.717) is 22.2 Å². The number of nitrogens with zero attached hydrogens (tertiary/aromatic N) is 2. The fourth-order valence-corrected chi connectivity index (χ4v) is 5.69. The summed E-state index contributed by atoms with van der Waals surface area (Å²) in [6.07, 6.45) is 2.79. The molecule has 2 unspecified atom stereocenters. The van der Waals surface area contributed by atoms with Gasteiger partial charge >= 0.3 is 0 Å². The third-order valence-corrected chi connectivity index (χ3v) is 7.84. The smallest absolute Gasteiger partial charge is 0.227 e.